The monoisotopic (exact) mass is 588 g/mol. The number of hydrogen-bond acceptors (Lipinski definition) is 4. The zero-order valence-electron chi connectivity index (χ0n) is 24.8. The Bertz CT molecular complexity index is 2340. The molecule has 10 rings (SSSR count). The second-order valence-corrected chi connectivity index (χ2v) is 12.1. The van der Waals surface area contributed by atoms with Crippen LogP contribution in [0.3, 0.4) is 0 Å². The van der Waals surface area contributed by atoms with E-state index in [0.29, 0.717) is 11.6 Å². The summed E-state index contributed by atoms with van der Waals surface area (Å²) in [6, 6.07) is 46.8. The number of fused-ring (bicyclic) bond motifs is 7. The predicted molar refractivity (Wildman–Crippen MR) is 184 cm³/mol. The first-order valence-electron chi connectivity index (χ1n) is 15.6. The fourth-order valence-electron chi connectivity index (χ4n) is 7.46. The van der Waals surface area contributed by atoms with Crippen LogP contribution in [0, 0.1) is 0 Å². The van der Waals surface area contributed by atoms with Gasteiger partial charge in [0.15, 0.2) is 11.6 Å². The summed E-state index contributed by atoms with van der Waals surface area (Å²) in [6.07, 6.45) is 2.66. The Hall–Kier alpha value is -5.94. The van der Waals surface area contributed by atoms with Gasteiger partial charge in [-0.2, -0.15) is 0 Å². The molecule has 4 nitrogen and oxygen atoms in total. The molecule has 0 fully saturated rings. The van der Waals surface area contributed by atoms with Crippen molar-refractivity contribution in [1.82, 2.24) is 9.97 Å². The van der Waals surface area contributed by atoms with E-state index in [2.05, 4.69) is 103 Å². The van der Waals surface area contributed by atoms with Crippen molar-refractivity contribution < 1.29 is 9.47 Å². The van der Waals surface area contributed by atoms with Crippen molar-refractivity contribution in [2.24, 2.45) is 0 Å². The molecule has 0 spiro atoms. The van der Waals surface area contributed by atoms with Crippen LogP contribution in [0.1, 0.15) is 11.1 Å². The Morgan fingerprint density at radius 3 is 1.87 bits per heavy atom. The van der Waals surface area contributed by atoms with Crippen molar-refractivity contribution in [3.8, 4) is 67.8 Å². The number of aromatic nitrogens is 2. The molecule has 1 aliphatic carbocycles. The number of nitrogens with zero attached hydrogens (tertiary/aromatic N) is 2. The van der Waals surface area contributed by atoms with E-state index >= 15 is 0 Å². The molecule has 0 radical (unpaired) electrons. The molecular weight excluding hydrogens is 563 g/mol. The molecule has 0 N–H and O–H groups in total. The van der Waals surface area contributed by atoms with Crippen molar-refractivity contribution in [2.75, 3.05) is 0 Å². The van der Waals surface area contributed by atoms with Crippen molar-refractivity contribution in [1.29, 1.82) is 0 Å². The molecule has 0 saturated heterocycles. The molecule has 46 heavy (non-hydrogen) atoms. The molecule has 5 heteroatoms. The second kappa shape index (κ2) is 9.78. The highest BCUT2D eigenvalue weighted by molar-refractivity contribution is 6.97. The van der Waals surface area contributed by atoms with Gasteiger partial charge in [-0.1, -0.05) is 115 Å². The van der Waals surface area contributed by atoms with Crippen molar-refractivity contribution in [2.45, 2.75) is 6.42 Å². The fraction of sp³-hybridized carbons (Fsp3) is 0.0244. The molecule has 1 aromatic heterocycles. The Kier molecular flexibility index (Phi) is 5.40. The molecule has 0 amide bonds. The first-order chi connectivity index (χ1) is 22.8. The summed E-state index contributed by atoms with van der Waals surface area (Å²) in [7, 11) is 0. The largest absolute Gasteiger partial charge is 0.458 e. The van der Waals surface area contributed by atoms with Crippen LogP contribution in [-0.4, -0.2) is 16.7 Å². The summed E-state index contributed by atoms with van der Waals surface area (Å²) in [5.41, 5.74) is 14.1. The van der Waals surface area contributed by atoms with Crippen LogP contribution in [0.15, 0.2) is 140 Å². The minimum atomic E-state index is -0.0962. The Labute approximate surface area is 267 Å². The second-order valence-electron chi connectivity index (χ2n) is 12.1. The van der Waals surface area contributed by atoms with Gasteiger partial charge in [0.05, 0.1) is 11.8 Å². The van der Waals surface area contributed by atoms with Gasteiger partial charge in [-0.25, -0.2) is 9.97 Å². The van der Waals surface area contributed by atoms with Gasteiger partial charge in [0, 0.05) is 17.4 Å². The van der Waals surface area contributed by atoms with Crippen LogP contribution in [0.2, 0.25) is 0 Å². The minimum absolute atomic E-state index is 0.0962. The molecule has 0 unspecified atom stereocenters. The zero-order valence-corrected chi connectivity index (χ0v) is 24.8. The van der Waals surface area contributed by atoms with Crippen molar-refractivity contribution >= 4 is 23.2 Å². The van der Waals surface area contributed by atoms with Crippen LogP contribution in [0.25, 0.3) is 44.8 Å². The van der Waals surface area contributed by atoms with Gasteiger partial charge in [0.1, 0.15) is 17.2 Å². The normalized spacial score (nSPS) is 13.0. The van der Waals surface area contributed by atoms with Crippen LogP contribution in [0.5, 0.6) is 23.0 Å². The average molecular weight is 588 g/mol. The van der Waals surface area contributed by atoms with E-state index in [0.717, 1.165) is 45.8 Å². The summed E-state index contributed by atoms with van der Waals surface area (Å²) in [5, 5.41) is 0. The molecule has 3 aliphatic rings. The van der Waals surface area contributed by atoms with Crippen LogP contribution in [-0.2, 0) is 6.42 Å². The average Bonchev–Trinajstić information content (AvgIpc) is 3.51. The lowest BCUT2D eigenvalue weighted by Crippen LogP contribution is -2.58. The standard InChI is InChI=1S/C41H25BN2O2/c1-2-9-25(10-3-1)26-19-21-27(22-20-26)28-11-6-12-29-30-13-7-14-31(33(30)23-32(28)29)41-43-24-38-40(44-41)42-34-15-4-5-16-35(34)45-36-17-8-18-37(46-38)39(36)42/h1-22,24H,23H2. The first kappa shape index (κ1) is 25.4. The highest BCUT2D eigenvalue weighted by Crippen LogP contribution is 2.45. The van der Waals surface area contributed by atoms with Crippen molar-refractivity contribution in [3.63, 3.8) is 0 Å². The highest BCUT2D eigenvalue weighted by Gasteiger charge is 2.41. The van der Waals surface area contributed by atoms with Crippen LogP contribution in [0.4, 0.5) is 0 Å². The molecule has 2 aliphatic heterocycles. The van der Waals surface area contributed by atoms with Crippen LogP contribution < -0.4 is 26.0 Å². The quantitative estimate of drug-likeness (QED) is 0.198. The van der Waals surface area contributed by atoms with Gasteiger partial charge >= 0.3 is 0 Å². The summed E-state index contributed by atoms with van der Waals surface area (Å²) in [5.74, 6) is 3.86. The lowest BCUT2D eigenvalue weighted by Gasteiger charge is -2.31. The molecule has 214 valence electrons. The maximum absolute atomic E-state index is 6.37. The smallest absolute Gasteiger partial charge is 0.284 e. The number of rotatable bonds is 3. The third kappa shape index (κ3) is 3.75. The van der Waals surface area contributed by atoms with E-state index in [4.69, 9.17) is 19.4 Å². The molecule has 7 aromatic rings. The third-order valence-corrected chi connectivity index (χ3v) is 9.58. The van der Waals surface area contributed by atoms with Crippen molar-refractivity contribution in [3.05, 3.63) is 151 Å². The number of hydrogen-bond donors (Lipinski definition) is 0. The molecular formula is C41H25BN2O2. The first-order valence-corrected chi connectivity index (χ1v) is 15.6. The summed E-state index contributed by atoms with van der Waals surface area (Å²) < 4.78 is 12.7. The summed E-state index contributed by atoms with van der Waals surface area (Å²) in [4.78, 5) is 10.2. The van der Waals surface area contributed by atoms with Gasteiger partial charge in [0.2, 0.25) is 0 Å². The molecule has 3 heterocycles. The van der Waals surface area contributed by atoms with E-state index in [1.807, 2.05) is 36.5 Å². The van der Waals surface area contributed by atoms with E-state index in [-0.39, 0.29) is 6.71 Å². The summed E-state index contributed by atoms with van der Waals surface area (Å²) in [6.45, 7) is -0.0962. The lowest BCUT2D eigenvalue weighted by atomic mass is 9.36. The molecule has 0 atom stereocenters. The van der Waals surface area contributed by atoms with Gasteiger partial charge in [-0.05, 0) is 68.2 Å². The Morgan fingerprint density at radius 2 is 1.07 bits per heavy atom. The number of ether oxygens (including phenoxy) is 2. The zero-order chi connectivity index (χ0) is 30.2. The maximum Gasteiger partial charge on any atom is 0.284 e. The predicted octanol–water partition coefficient (Wildman–Crippen LogP) is 7.78. The fourth-order valence-corrected chi connectivity index (χ4v) is 7.46. The molecule has 0 bridgehead atoms. The Balaban J connectivity index is 1.06. The maximum atomic E-state index is 6.37. The summed E-state index contributed by atoms with van der Waals surface area (Å²) >= 11 is 0. The topological polar surface area (TPSA) is 44.2 Å². The van der Waals surface area contributed by atoms with Gasteiger partial charge in [-0.3, -0.25) is 0 Å². The highest BCUT2D eigenvalue weighted by atomic mass is 16.5. The van der Waals surface area contributed by atoms with Crippen LogP contribution >= 0.6 is 0 Å². The molecule has 0 saturated carbocycles. The Morgan fingerprint density at radius 1 is 0.478 bits per heavy atom. The number of benzene rings is 6. The van der Waals surface area contributed by atoms with E-state index in [1.54, 1.807) is 0 Å². The lowest BCUT2D eigenvalue weighted by molar-refractivity contribution is 0.462. The van der Waals surface area contributed by atoms with E-state index in [9.17, 15) is 0 Å². The third-order valence-electron chi connectivity index (χ3n) is 9.58. The van der Waals surface area contributed by atoms with E-state index in [1.165, 1.54) is 44.5 Å². The van der Waals surface area contributed by atoms with Gasteiger partial charge in [0.25, 0.3) is 6.71 Å². The van der Waals surface area contributed by atoms with E-state index < -0.39 is 0 Å². The number of para-hydroxylation sites is 1. The van der Waals surface area contributed by atoms with Gasteiger partial charge < -0.3 is 9.47 Å². The minimum Gasteiger partial charge on any atom is -0.458 e. The van der Waals surface area contributed by atoms with Gasteiger partial charge in [-0.15, -0.1) is 0 Å². The SMILES string of the molecule is c1ccc(-c2ccc(-c3cccc4c3Cc3c(-c5ncc6c(n5)B5c7ccccc7Oc7cccc(c75)O6)cccc3-4)cc2)cc1. The molecule has 6 aromatic carbocycles.